The lowest BCUT2D eigenvalue weighted by Gasteiger charge is -2.17. The second kappa shape index (κ2) is 8.50. The molecule has 0 bridgehead atoms. The standard InChI is InChI=1S/C20H26N2O2S/c23-25(24,16-6-9-18-7-2-1-3-8-18)21-17-19-10-12-20(13-11-19)22-14-4-5-15-22/h1-3,7-8,10-13,21H,4-6,9,14-17H2. The molecule has 0 saturated carbocycles. The second-order valence-corrected chi connectivity index (χ2v) is 8.52. The molecule has 0 aliphatic carbocycles. The SMILES string of the molecule is O=S(=O)(CCCc1ccccc1)NCc1ccc(N2CCCC2)cc1. The van der Waals surface area contributed by atoms with Gasteiger partial charge in [0, 0.05) is 25.3 Å². The summed E-state index contributed by atoms with van der Waals surface area (Å²) in [5.74, 6) is 0.160. The van der Waals surface area contributed by atoms with Gasteiger partial charge in [0.05, 0.1) is 5.75 Å². The Balaban J connectivity index is 1.45. The van der Waals surface area contributed by atoms with E-state index < -0.39 is 10.0 Å². The Hall–Kier alpha value is -1.85. The molecule has 0 amide bonds. The van der Waals surface area contributed by atoms with Crippen molar-refractivity contribution in [3.63, 3.8) is 0 Å². The van der Waals surface area contributed by atoms with Crippen molar-refractivity contribution in [3.8, 4) is 0 Å². The van der Waals surface area contributed by atoms with Crippen LogP contribution in [0.5, 0.6) is 0 Å². The van der Waals surface area contributed by atoms with Gasteiger partial charge in [0.15, 0.2) is 0 Å². The number of benzene rings is 2. The highest BCUT2D eigenvalue weighted by atomic mass is 32.2. The highest BCUT2D eigenvalue weighted by Gasteiger charge is 2.13. The molecule has 5 heteroatoms. The molecule has 3 rings (SSSR count). The van der Waals surface area contributed by atoms with Gasteiger partial charge < -0.3 is 4.90 Å². The summed E-state index contributed by atoms with van der Waals surface area (Å²) in [6.45, 7) is 2.59. The summed E-state index contributed by atoms with van der Waals surface area (Å²) >= 11 is 0. The van der Waals surface area contributed by atoms with Crippen LogP contribution in [0.3, 0.4) is 0 Å². The lowest BCUT2D eigenvalue weighted by atomic mass is 10.1. The second-order valence-electron chi connectivity index (χ2n) is 6.59. The van der Waals surface area contributed by atoms with Crippen LogP contribution in [-0.4, -0.2) is 27.3 Å². The maximum atomic E-state index is 12.2. The molecule has 0 unspecified atom stereocenters. The van der Waals surface area contributed by atoms with E-state index in [0.717, 1.165) is 25.1 Å². The van der Waals surface area contributed by atoms with Crippen molar-refractivity contribution in [1.82, 2.24) is 4.72 Å². The lowest BCUT2D eigenvalue weighted by molar-refractivity contribution is 0.578. The van der Waals surface area contributed by atoms with E-state index in [1.54, 1.807) is 0 Å². The third kappa shape index (κ3) is 5.58. The van der Waals surface area contributed by atoms with E-state index >= 15 is 0 Å². The Morgan fingerprint density at radius 3 is 2.24 bits per heavy atom. The van der Waals surface area contributed by atoms with Crippen LogP contribution in [-0.2, 0) is 23.0 Å². The van der Waals surface area contributed by atoms with Crippen LogP contribution >= 0.6 is 0 Å². The Labute approximate surface area is 150 Å². The number of nitrogens with one attached hydrogen (secondary N) is 1. The third-order valence-corrected chi connectivity index (χ3v) is 6.04. The fourth-order valence-corrected chi connectivity index (χ4v) is 4.23. The van der Waals surface area contributed by atoms with E-state index in [1.807, 2.05) is 42.5 Å². The van der Waals surface area contributed by atoms with E-state index in [2.05, 4.69) is 21.8 Å². The predicted octanol–water partition coefficient (Wildman–Crippen LogP) is 3.34. The van der Waals surface area contributed by atoms with Crippen LogP contribution in [0, 0.1) is 0 Å². The molecular weight excluding hydrogens is 332 g/mol. The van der Waals surface area contributed by atoms with Crippen molar-refractivity contribution in [1.29, 1.82) is 0 Å². The van der Waals surface area contributed by atoms with Gasteiger partial charge in [-0.1, -0.05) is 42.5 Å². The molecular formula is C20H26N2O2S. The van der Waals surface area contributed by atoms with Crippen LogP contribution in [0.25, 0.3) is 0 Å². The molecule has 1 fully saturated rings. The first kappa shape index (κ1) is 18.0. The number of aryl methyl sites for hydroxylation is 1. The number of nitrogens with zero attached hydrogens (tertiary/aromatic N) is 1. The summed E-state index contributed by atoms with van der Waals surface area (Å²) in [6.07, 6.45) is 3.93. The molecule has 2 aromatic rings. The maximum absolute atomic E-state index is 12.2. The monoisotopic (exact) mass is 358 g/mol. The van der Waals surface area contributed by atoms with Crippen LogP contribution in [0.1, 0.15) is 30.4 Å². The van der Waals surface area contributed by atoms with Gasteiger partial charge in [-0.3, -0.25) is 0 Å². The third-order valence-electron chi connectivity index (χ3n) is 4.63. The molecule has 134 valence electrons. The summed E-state index contributed by atoms with van der Waals surface area (Å²) < 4.78 is 27.0. The number of rotatable bonds is 8. The number of hydrogen-bond donors (Lipinski definition) is 1. The van der Waals surface area contributed by atoms with E-state index in [0.29, 0.717) is 13.0 Å². The average Bonchev–Trinajstić information content (AvgIpc) is 3.16. The van der Waals surface area contributed by atoms with Gasteiger partial charge in [-0.15, -0.1) is 0 Å². The minimum Gasteiger partial charge on any atom is -0.372 e. The first-order valence-electron chi connectivity index (χ1n) is 8.97. The van der Waals surface area contributed by atoms with Crippen molar-refractivity contribution in [2.75, 3.05) is 23.7 Å². The number of anilines is 1. The Morgan fingerprint density at radius 2 is 1.56 bits per heavy atom. The van der Waals surface area contributed by atoms with Crippen molar-refractivity contribution in [2.45, 2.75) is 32.2 Å². The molecule has 4 nitrogen and oxygen atoms in total. The molecule has 1 aliphatic heterocycles. The maximum Gasteiger partial charge on any atom is 0.211 e. The summed E-state index contributed by atoms with van der Waals surface area (Å²) in [7, 11) is -3.24. The smallest absolute Gasteiger partial charge is 0.211 e. The van der Waals surface area contributed by atoms with Gasteiger partial charge in [0.25, 0.3) is 0 Å². The molecule has 1 N–H and O–H groups in total. The minimum atomic E-state index is -3.24. The largest absolute Gasteiger partial charge is 0.372 e. The van der Waals surface area contributed by atoms with Gasteiger partial charge in [-0.25, -0.2) is 13.1 Å². The fourth-order valence-electron chi connectivity index (χ4n) is 3.18. The first-order valence-corrected chi connectivity index (χ1v) is 10.6. The lowest BCUT2D eigenvalue weighted by Crippen LogP contribution is -2.26. The molecule has 25 heavy (non-hydrogen) atoms. The first-order chi connectivity index (χ1) is 12.1. The molecule has 0 radical (unpaired) electrons. The van der Waals surface area contributed by atoms with E-state index in [9.17, 15) is 8.42 Å². The number of hydrogen-bond acceptors (Lipinski definition) is 3. The normalized spacial score (nSPS) is 14.8. The highest BCUT2D eigenvalue weighted by molar-refractivity contribution is 7.89. The van der Waals surface area contributed by atoms with E-state index in [4.69, 9.17) is 0 Å². The van der Waals surface area contributed by atoms with E-state index in [-0.39, 0.29) is 5.75 Å². The Kier molecular flexibility index (Phi) is 6.10. The van der Waals surface area contributed by atoms with Crippen LogP contribution in [0.4, 0.5) is 5.69 Å². The number of sulfonamides is 1. The molecule has 0 atom stereocenters. The van der Waals surface area contributed by atoms with E-state index in [1.165, 1.54) is 24.1 Å². The molecule has 1 aliphatic rings. The summed E-state index contributed by atoms with van der Waals surface area (Å²) in [5, 5.41) is 0. The molecule has 0 spiro atoms. The topological polar surface area (TPSA) is 49.4 Å². The van der Waals surface area contributed by atoms with Crippen LogP contribution in [0.2, 0.25) is 0 Å². The Bertz CT molecular complexity index is 752. The zero-order valence-corrected chi connectivity index (χ0v) is 15.3. The molecule has 1 saturated heterocycles. The zero-order valence-electron chi connectivity index (χ0n) is 14.5. The van der Waals surface area contributed by atoms with Gasteiger partial charge >= 0.3 is 0 Å². The molecule has 1 heterocycles. The van der Waals surface area contributed by atoms with Gasteiger partial charge in [0.2, 0.25) is 10.0 Å². The quantitative estimate of drug-likeness (QED) is 0.787. The molecule has 2 aromatic carbocycles. The zero-order chi connectivity index (χ0) is 17.5. The van der Waals surface area contributed by atoms with Crippen molar-refractivity contribution < 1.29 is 8.42 Å². The van der Waals surface area contributed by atoms with Crippen LogP contribution < -0.4 is 9.62 Å². The van der Waals surface area contributed by atoms with Gasteiger partial charge in [-0.2, -0.15) is 0 Å². The fraction of sp³-hybridized carbons (Fsp3) is 0.400. The predicted molar refractivity (Wildman–Crippen MR) is 103 cm³/mol. The van der Waals surface area contributed by atoms with Gasteiger partial charge in [-0.05, 0) is 48.9 Å². The minimum absolute atomic E-state index is 0.160. The van der Waals surface area contributed by atoms with Crippen molar-refractivity contribution >= 4 is 15.7 Å². The van der Waals surface area contributed by atoms with Crippen LogP contribution in [0.15, 0.2) is 54.6 Å². The van der Waals surface area contributed by atoms with Crippen molar-refractivity contribution in [2.24, 2.45) is 0 Å². The summed E-state index contributed by atoms with van der Waals surface area (Å²) in [6, 6.07) is 18.2. The molecule has 0 aromatic heterocycles. The summed E-state index contributed by atoms with van der Waals surface area (Å²) in [5.41, 5.74) is 3.40. The van der Waals surface area contributed by atoms with Gasteiger partial charge in [0.1, 0.15) is 0 Å². The summed E-state index contributed by atoms with van der Waals surface area (Å²) in [4.78, 5) is 2.37. The Morgan fingerprint density at radius 1 is 0.880 bits per heavy atom. The average molecular weight is 359 g/mol. The highest BCUT2D eigenvalue weighted by Crippen LogP contribution is 2.20. The van der Waals surface area contributed by atoms with Crippen molar-refractivity contribution in [3.05, 3.63) is 65.7 Å².